The van der Waals surface area contributed by atoms with Crippen molar-refractivity contribution in [3.63, 3.8) is 0 Å². The maximum atomic E-state index is 6.44. The quantitative estimate of drug-likeness (QED) is 0.283. The largest absolute Gasteiger partial charge is 0.489 e. The summed E-state index contributed by atoms with van der Waals surface area (Å²) in [6.07, 6.45) is 1.00. The molecule has 1 aliphatic rings. The SMILES string of the molecule is CC1CN(CCCOc2c3[nH]c4ccc(Cl)cc4c3cc3c2[nH]c2ccc(Cl)cc23)C1. The van der Waals surface area contributed by atoms with E-state index in [1.165, 1.54) is 13.1 Å². The molecule has 0 amide bonds. The second-order valence-electron chi connectivity index (χ2n) is 8.75. The van der Waals surface area contributed by atoms with Crippen molar-refractivity contribution in [1.29, 1.82) is 0 Å². The highest BCUT2D eigenvalue weighted by Gasteiger charge is 2.22. The number of hydrogen-bond acceptors (Lipinski definition) is 2. The smallest absolute Gasteiger partial charge is 0.167 e. The van der Waals surface area contributed by atoms with E-state index >= 15 is 0 Å². The Bertz CT molecular complexity index is 1350. The van der Waals surface area contributed by atoms with Crippen LogP contribution in [-0.2, 0) is 0 Å². The molecule has 2 N–H and O–H groups in total. The maximum Gasteiger partial charge on any atom is 0.167 e. The van der Waals surface area contributed by atoms with Crippen LogP contribution >= 0.6 is 23.2 Å². The number of nitrogens with zero attached hydrogens (tertiary/aromatic N) is 1. The topological polar surface area (TPSA) is 44.0 Å². The number of aromatic amines is 2. The Kier molecular flexibility index (Phi) is 4.57. The van der Waals surface area contributed by atoms with Crippen molar-refractivity contribution in [1.82, 2.24) is 14.9 Å². The second-order valence-corrected chi connectivity index (χ2v) is 9.62. The van der Waals surface area contributed by atoms with Gasteiger partial charge in [-0.05, 0) is 54.8 Å². The summed E-state index contributed by atoms with van der Waals surface area (Å²) in [5, 5.41) is 5.86. The van der Waals surface area contributed by atoms with Crippen molar-refractivity contribution >= 4 is 66.8 Å². The minimum Gasteiger partial charge on any atom is -0.489 e. The predicted molar refractivity (Wildman–Crippen MR) is 131 cm³/mol. The molecule has 6 rings (SSSR count). The Morgan fingerprint density at radius 2 is 1.45 bits per heavy atom. The van der Waals surface area contributed by atoms with Crippen molar-refractivity contribution in [2.75, 3.05) is 26.2 Å². The number of ether oxygens (including phenoxy) is 1. The van der Waals surface area contributed by atoms with Gasteiger partial charge in [0.05, 0.1) is 17.6 Å². The lowest BCUT2D eigenvalue weighted by atomic mass is 10.0. The summed E-state index contributed by atoms with van der Waals surface area (Å²) in [5.41, 5.74) is 4.10. The van der Waals surface area contributed by atoms with Crippen molar-refractivity contribution < 1.29 is 4.74 Å². The van der Waals surface area contributed by atoms with Crippen molar-refractivity contribution in [2.24, 2.45) is 5.92 Å². The maximum absolute atomic E-state index is 6.44. The zero-order valence-electron chi connectivity index (χ0n) is 17.3. The first kappa shape index (κ1) is 19.3. The van der Waals surface area contributed by atoms with Gasteiger partial charge in [0, 0.05) is 62.3 Å². The summed E-state index contributed by atoms with van der Waals surface area (Å²) < 4.78 is 6.44. The van der Waals surface area contributed by atoms with Crippen LogP contribution in [0.1, 0.15) is 13.3 Å². The first-order valence-corrected chi connectivity index (χ1v) is 11.5. The summed E-state index contributed by atoms with van der Waals surface area (Å²) in [5.74, 6) is 1.69. The zero-order valence-corrected chi connectivity index (χ0v) is 18.8. The van der Waals surface area contributed by atoms with Crippen LogP contribution < -0.4 is 4.74 Å². The molecule has 31 heavy (non-hydrogen) atoms. The highest BCUT2D eigenvalue weighted by atomic mass is 35.5. The van der Waals surface area contributed by atoms with E-state index in [0.29, 0.717) is 6.61 Å². The van der Waals surface area contributed by atoms with Gasteiger partial charge < -0.3 is 19.6 Å². The van der Waals surface area contributed by atoms with Gasteiger partial charge in [0.2, 0.25) is 0 Å². The monoisotopic (exact) mass is 451 g/mol. The Morgan fingerprint density at radius 3 is 2.00 bits per heavy atom. The molecule has 0 radical (unpaired) electrons. The van der Waals surface area contributed by atoms with Gasteiger partial charge in [0.1, 0.15) is 0 Å². The molecule has 0 atom stereocenters. The third-order valence-electron chi connectivity index (χ3n) is 6.35. The van der Waals surface area contributed by atoms with Gasteiger partial charge in [-0.15, -0.1) is 0 Å². The predicted octanol–water partition coefficient (Wildman–Crippen LogP) is 6.98. The molecule has 3 heterocycles. The summed E-state index contributed by atoms with van der Waals surface area (Å²) in [6, 6.07) is 14.1. The minimum absolute atomic E-state index is 0.672. The average Bonchev–Trinajstić information content (AvgIpc) is 3.27. The molecule has 0 spiro atoms. The fourth-order valence-corrected chi connectivity index (χ4v) is 5.26. The molecule has 0 saturated carbocycles. The molecule has 2 aromatic heterocycles. The molecule has 0 aliphatic carbocycles. The number of likely N-dealkylation sites (tertiary alicyclic amines) is 1. The molecule has 1 saturated heterocycles. The average molecular weight is 452 g/mol. The van der Waals surface area contributed by atoms with E-state index in [4.69, 9.17) is 27.9 Å². The number of fused-ring (bicyclic) bond motifs is 6. The Morgan fingerprint density at radius 1 is 0.871 bits per heavy atom. The minimum atomic E-state index is 0.672. The number of aromatic nitrogens is 2. The first-order chi connectivity index (χ1) is 15.1. The molecule has 5 aromatic rings. The van der Waals surface area contributed by atoms with Gasteiger partial charge in [-0.3, -0.25) is 0 Å². The Hall–Kier alpha value is -2.40. The third kappa shape index (κ3) is 3.25. The Labute approximate surface area is 190 Å². The summed E-state index contributed by atoms with van der Waals surface area (Å²) in [7, 11) is 0. The van der Waals surface area contributed by atoms with E-state index in [1.807, 2.05) is 36.4 Å². The molecule has 1 fully saturated rings. The molecule has 4 nitrogen and oxygen atoms in total. The standard InChI is InChI=1S/C25H23Cl2N3O/c1-14-12-30(13-14)7-2-8-31-25-23-19(17-9-15(26)3-5-21(17)28-23)11-20-18-10-16(27)4-6-22(18)29-24(20)25/h3-6,9-11,14,28-29H,2,7-8,12-13H2,1H3. The van der Waals surface area contributed by atoms with E-state index in [-0.39, 0.29) is 0 Å². The summed E-state index contributed by atoms with van der Waals surface area (Å²) in [4.78, 5) is 9.60. The van der Waals surface area contributed by atoms with Gasteiger partial charge >= 0.3 is 0 Å². The normalized spacial score (nSPS) is 15.5. The lowest BCUT2D eigenvalue weighted by Gasteiger charge is -2.37. The summed E-state index contributed by atoms with van der Waals surface area (Å²) in [6.45, 7) is 6.45. The van der Waals surface area contributed by atoms with Crippen LogP contribution in [0.5, 0.6) is 5.75 Å². The number of hydrogen-bond donors (Lipinski definition) is 2. The van der Waals surface area contributed by atoms with E-state index in [0.717, 1.165) is 78.3 Å². The molecule has 3 aromatic carbocycles. The molecular formula is C25H23Cl2N3O. The third-order valence-corrected chi connectivity index (χ3v) is 6.82. The van der Waals surface area contributed by atoms with Crippen LogP contribution in [0.4, 0.5) is 0 Å². The fraction of sp³-hybridized carbons (Fsp3) is 0.280. The molecule has 6 heteroatoms. The van der Waals surface area contributed by atoms with Crippen LogP contribution in [-0.4, -0.2) is 41.1 Å². The van der Waals surface area contributed by atoms with Gasteiger partial charge in [0.15, 0.2) is 5.75 Å². The number of benzene rings is 3. The van der Waals surface area contributed by atoms with E-state index in [2.05, 4.69) is 27.9 Å². The van der Waals surface area contributed by atoms with E-state index in [1.54, 1.807) is 0 Å². The Balaban J connectivity index is 1.48. The van der Waals surface area contributed by atoms with Gasteiger partial charge in [0.25, 0.3) is 0 Å². The van der Waals surface area contributed by atoms with Crippen LogP contribution in [0, 0.1) is 5.92 Å². The number of H-pyrrole nitrogens is 2. The van der Waals surface area contributed by atoms with Gasteiger partial charge in [-0.2, -0.15) is 0 Å². The molecular weight excluding hydrogens is 429 g/mol. The highest BCUT2D eigenvalue weighted by Crippen LogP contribution is 2.41. The fourth-order valence-electron chi connectivity index (χ4n) is 4.91. The van der Waals surface area contributed by atoms with Gasteiger partial charge in [-0.25, -0.2) is 0 Å². The van der Waals surface area contributed by atoms with E-state index < -0.39 is 0 Å². The highest BCUT2D eigenvalue weighted by molar-refractivity contribution is 6.33. The van der Waals surface area contributed by atoms with Crippen LogP contribution in [0.2, 0.25) is 10.0 Å². The van der Waals surface area contributed by atoms with Crippen molar-refractivity contribution in [2.45, 2.75) is 13.3 Å². The van der Waals surface area contributed by atoms with Crippen LogP contribution in [0.3, 0.4) is 0 Å². The molecule has 1 aliphatic heterocycles. The van der Waals surface area contributed by atoms with E-state index in [9.17, 15) is 0 Å². The zero-order chi connectivity index (χ0) is 21.1. The number of rotatable bonds is 5. The number of nitrogens with one attached hydrogen (secondary N) is 2. The number of halogens is 2. The lowest BCUT2D eigenvalue weighted by molar-refractivity contribution is 0.105. The molecule has 158 valence electrons. The summed E-state index contributed by atoms with van der Waals surface area (Å²) >= 11 is 12.6. The molecule has 0 unspecified atom stereocenters. The second kappa shape index (κ2) is 7.33. The van der Waals surface area contributed by atoms with Crippen LogP contribution in [0.25, 0.3) is 43.6 Å². The van der Waals surface area contributed by atoms with Crippen molar-refractivity contribution in [3.8, 4) is 5.75 Å². The van der Waals surface area contributed by atoms with Gasteiger partial charge in [-0.1, -0.05) is 30.1 Å². The lowest BCUT2D eigenvalue weighted by Crippen LogP contribution is -2.45. The molecule has 0 bridgehead atoms. The van der Waals surface area contributed by atoms with Crippen LogP contribution in [0.15, 0.2) is 42.5 Å². The first-order valence-electron chi connectivity index (χ1n) is 10.8. The van der Waals surface area contributed by atoms with Crippen molar-refractivity contribution in [3.05, 3.63) is 52.5 Å².